The molecule has 2 aromatic carbocycles. The molecule has 4 heteroatoms. The molecule has 1 atom stereocenters. The molecule has 0 heterocycles. The third-order valence-electron chi connectivity index (χ3n) is 4.71. The monoisotopic (exact) mass is 352 g/mol. The van der Waals surface area contributed by atoms with Gasteiger partial charge in [0.15, 0.2) is 0 Å². The van der Waals surface area contributed by atoms with E-state index < -0.39 is 6.04 Å². The number of nitrogens with zero attached hydrogens (tertiary/aromatic N) is 1. The van der Waals surface area contributed by atoms with Crippen LogP contribution in [0.3, 0.4) is 0 Å². The van der Waals surface area contributed by atoms with Crippen LogP contribution >= 0.6 is 0 Å². The predicted octanol–water partition coefficient (Wildman–Crippen LogP) is 3.40. The fourth-order valence-corrected chi connectivity index (χ4v) is 3.04. The predicted molar refractivity (Wildman–Crippen MR) is 105 cm³/mol. The summed E-state index contributed by atoms with van der Waals surface area (Å²) in [7, 11) is 1.61. The maximum Gasteiger partial charge on any atom is 0.242 e. The van der Waals surface area contributed by atoms with Gasteiger partial charge in [-0.3, -0.25) is 9.59 Å². The zero-order chi connectivity index (χ0) is 19.1. The highest BCUT2D eigenvalue weighted by molar-refractivity contribution is 5.88. The normalized spacial score (nSPS) is 11.7. The molecular formula is C22H28N2O2. The van der Waals surface area contributed by atoms with Gasteiger partial charge >= 0.3 is 0 Å². The van der Waals surface area contributed by atoms with Crippen LogP contribution in [0.2, 0.25) is 0 Å². The lowest BCUT2D eigenvalue weighted by atomic mass is 10.0. The molecule has 0 saturated carbocycles. The Bertz CT molecular complexity index is 753. The summed E-state index contributed by atoms with van der Waals surface area (Å²) >= 11 is 0. The topological polar surface area (TPSA) is 49.4 Å². The standard InChI is InChI=1S/C22H28N2O2/c1-5-20(22(26)23-4)24(15-19-9-7-6-8-17(19)3)21(25)14-18-12-10-16(2)11-13-18/h6-13,20H,5,14-15H2,1-4H3,(H,23,26)/t20-/m0/s1. The zero-order valence-corrected chi connectivity index (χ0v) is 16.1. The molecule has 0 fully saturated rings. The lowest BCUT2D eigenvalue weighted by molar-refractivity contribution is -0.140. The summed E-state index contributed by atoms with van der Waals surface area (Å²) in [6.07, 6.45) is 0.866. The first-order valence-electron chi connectivity index (χ1n) is 9.07. The first-order valence-corrected chi connectivity index (χ1v) is 9.07. The molecule has 138 valence electrons. The highest BCUT2D eigenvalue weighted by Crippen LogP contribution is 2.17. The van der Waals surface area contributed by atoms with Gasteiger partial charge in [-0.05, 0) is 37.0 Å². The van der Waals surface area contributed by atoms with Crippen molar-refractivity contribution in [2.45, 2.75) is 46.2 Å². The number of nitrogens with one attached hydrogen (secondary N) is 1. The second kappa shape index (κ2) is 9.18. The van der Waals surface area contributed by atoms with Gasteiger partial charge in [0.2, 0.25) is 11.8 Å². The third-order valence-corrected chi connectivity index (χ3v) is 4.71. The first-order chi connectivity index (χ1) is 12.5. The quantitative estimate of drug-likeness (QED) is 0.830. The maximum atomic E-state index is 13.1. The van der Waals surface area contributed by atoms with E-state index in [1.807, 2.05) is 69.3 Å². The Hall–Kier alpha value is -2.62. The van der Waals surface area contributed by atoms with Gasteiger partial charge in [0, 0.05) is 13.6 Å². The average molecular weight is 352 g/mol. The van der Waals surface area contributed by atoms with Crippen LogP contribution in [0.25, 0.3) is 0 Å². The summed E-state index contributed by atoms with van der Waals surface area (Å²) in [5.41, 5.74) is 4.30. The largest absolute Gasteiger partial charge is 0.357 e. The van der Waals surface area contributed by atoms with Crippen LogP contribution in [0.4, 0.5) is 0 Å². The minimum atomic E-state index is -0.474. The van der Waals surface area contributed by atoms with Gasteiger partial charge < -0.3 is 10.2 Å². The molecular weight excluding hydrogens is 324 g/mol. The summed E-state index contributed by atoms with van der Waals surface area (Å²) in [6, 6.07) is 15.5. The third kappa shape index (κ3) is 4.94. The van der Waals surface area contributed by atoms with Crippen LogP contribution in [0.15, 0.2) is 48.5 Å². The fraction of sp³-hybridized carbons (Fsp3) is 0.364. The molecule has 26 heavy (non-hydrogen) atoms. The van der Waals surface area contributed by atoms with Crippen molar-refractivity contribution in [1.82, 2.24) is 10.2 Å². The second-order valence-electron chi connectivity index (χ2n) is 6.65. The molecule has 0 radical (unpaired) electrons. The van der Waals surface area contributed by atoms with Gasteiger partial charge in [-0.1, -0.05) is 61.0 Å². The Morgan fingerprint density at radius 1 is 1.04 bits per heavy atom. The van der Waals surface area contributed by atoms with Crippen LogP contribution in [-0.4, -0.2) is 29.8 Å². The summed E-state index contributed by atoms with van der Waals surface area (Å²) in [6.45, 7) is 6.42. The number of amides is 2. The van der Waals surface area contributed by atoms with E-state index in [4.69, 9.17) is 0 Å². The van der Waals surface area contributed by atoms with Crippen molar-refractivity contribution >= 4 is 11.8 Å². The SMILES string of the molecule is CC[C@@H](C(=O)NC)N(Cc1ccccc1C)C(=O)Cc1ccc(C)cc1. The minimum Gasteiger partial charge on any atom is -0.357 e. The van der Waals surface area contributed by atoms with E-state index in [1.165, 1.54) is 0 Å². The minimum absolute atomic E-state index is 0.0347. The highest BCUT2D eigenvalue weighted by atomic mass is 16.2. The van der Waals surface area contributed by atoms with Gasteiger partial charge in [0.05, 0.1) is 6.42 Å². The molecule has 2 amide bonds. The molecule has 2 rings (SSSR count). The summed E-state index contributed by atoms with van der Waals surface area (Å²) in [4.78, 5) is 27.1. The lowest BCUT2D eigenvalue weighted by Crippen LogP contribution is -2.48. The van der Waals surface area contributed by atoms with Crippen molar-refractivity contribution in [2.75, 3.05) is 7.05 Å². The smallest absolute Gasteiger partial charge is 0.242 e. The van der Waals surface area contributed by atoms with Crippen LogP contribution in [0, 0.1) is 13.8 Å². The number of likely N-dealkylation sites (N-methyl/N-ethyl adjacent to an activating group) is 1. The van der Waals surface area contributed by atoms with Gasteiger partial charge in [-0.15, -0.1) is 0 Å². The number of aryl methyl sites for hydroxylation is 2. The number of hydrogen-bond donors (Lipinski definition) is 1. The molecule has 0 saturated heterocycles. The van der Waals surface area contributed by atoms with Gasteiger partial charge in [-0.2, -0.15) is 0 Å². The average Bonchev–Trinajstić information content (AvgIpc) is 2.64. The molecule has 0 bridgehead atoms. The molecule has 4 nitrogen and oxygen atoms in total. The van der Waals surface area contributed by atoms with E-state index in [0.29, 0.717) is 19.4 Å². The van der Waals surface area contributed by atoms with Crippen LogP contribution in [0.5, 0.6) is 0 Å². The van der Waals surface area contributed by atoms with Gasteiger partial charge in [-0.25, -0.2) is 0 Å². The molecule has 0 aromatic heterocycles. The fourth-order valence-electron chi connectivity index (χ4n) is 3.04. The van der Waals surface area contributed by atoms with Crippen LogP contribution in [-0.2, 0) is 22.6 Å². The van der Waals surface area contributed by atoms with E-state index in [9.17, 15) is 9.59 Å². The molecule has 0 aliphatic carbocycles. The van der Waals surface area contributed by atoms with Gasteiger partial charge in [0.25, 0.3) is 0 Å². The Morgan fingerprint density at radius 2 is 1.69 bits per heavy atom. The Morgan fingerprint density at radius 3 is 2.27 bits per heavy atom. The molecule has 0 aliphatic heterocycles. The number of carbonyl (C=O) groups is 2. The first kappa shape index (κ1) is 19.7. The van der Waals surface area contributed by atoms with E-state index in [2.05, 4.69) is 5.32 Å². The van der Waals surface area contributed by atoms with Crippen LogP contribution in [0.1, 0.15) is 35.6 Å². The van der Waals surface area contributed by atoms with Crippen molar-refractivity contribution in [3.05, 3.63) is 70.8 Å². The maximum absolute atomic E-state index is 13.1. The van der Waals surface area contributed by atoms with Crippen molar-refractivity contribution in [1.29, 1.82) is 0 Å². The number of hydrogen-bond acceptors (Lipinski definition) is 2. The summed E-state index contributed by atoms with van der Waals surface area (Å²) in [5.74, 6) is -0.161. The Labute approximate surface area is 156 Å². The molecule has 1 N–H and O–H groups in total. The number of rotatable bonds is 7. The van der Waals surface area contributed by atoms with E-state index in [0.717, 1.165) is 22.3 Å². The molecule has 0 unspecified atom stereocenters. The highest BCUT2D eigenvalue weighted by Gasteiger charge is 2.28. The van der Waals surface area contributed by atoms with Crippen LogP contribution < -0.4 is 5.32 Å². The van der Waals surface area contributed by atoms with Gasteiger partial charge in [0.1, 0.15) is 6.04 Å². The number of benzene rings is 2. The Kier molecular flexibility index (Phi) is 6.96. The van der Waals surface area contributed by atoms with Crippen molar-refractivity contribution in [3.63, 3.8) is 0 Å². The second-order valence-corrected chi connectivity index (χ2v) is 6.65. The molecule has 0 aliphatic rings. The summed E-state index contributed by atoms with van der Waals surface area (Å²) < 4.78 is 0. The lowest BCUT2D eigenvalue weighted by Gasteiger charge is -2.31. The zero-order valence-electron chi connectivity index (χ0n) is 16.1. The van der Waals surface area contributed by atoms with E-state index in [-0.39, 0.29) is 11.8 Å². The molecule has 2 aromatic rings. The van der Waals surface area contributed by atoms with E-state index >= 15 is 0 Å². The summed E-state index contributed by atoms with van der Waals surface area (Å²) in [5, 5.41) is 2.69. The van der Waals surface area contributed by atoms with Crippen molar-refractivity contribution in [3.8, 4) is 0 Å². The van der Waals surface area contributed by atoms with Crippen molar-refractivity contribution in [2.24, 2.45) is 0 Å². The van der Waals surface area contributed by atoms with E-state index in [1.54, 1.807) is 11.9 Å². The Balaban J connectivity index is 2.29. The number of carbonyl (C=O) groups excluding carboxylic acids is 2. The van der Waals surface area contributed by atoms with Crippen molar-refractivity contribution < 1.29 is 9.59 Å². The molecule has 0 spiro atoms.